The summed E-state index contributed by atoms with van der Waals surface area (Å²) in [6, 6.07) is -0.825. The molecule has 10 heteroatoms. The van der Waals surface area contributed by atoms with Crippen LogP contribution in [-0.2, 0) is 4.74 Å². The quantitative estimate of drug-likeness (QED) is 0.397. The van der Waals surface area contributed by atoms with Crippen molar-refractivity contribution in [2.24, 2.45) is 5.73 Å². The summed E-state index contributed by atoms with van der Waals surface area (Å²) in [5, 5.41) is 34.1. The number of aromatic nitrogens is 3. The fourth-order valence-corrected chi connectivity index (χ4v) is 1.66. The number of nitrogens with one attached hydrogen (secondary N) is 1. The number of carbonyl (C=O) groups excluding carboxylic acids is 1. The Balaban J connectivity index is 2.12. The van der Waals surface area contributed by atoms with E-state index in [-0.39, 0.29) is 5.95 Å². The molecule has 2 rings (SSSR count). The fraction of sp³-hybridized carbons (Fsp3) is 0.625. The zero-order chi connectivity index (χ0) is 13.3. The number of primary amides is 1. The Morgan fingerprint density at radius 1 is 1.56 bits per heavy atom. The molecule has 1 aromatic heterocycles. The molecular formula is C8H13N5O5. The lowest BCUT2D eigenvalue weighted by Gasteiger charge is -2.13. The number of aliphatic hydroxyl groups is 3. The maximum atomic E-state index is 10.6. The van der Waals surface area contributed by atoms with Crippen LogP contribution in [-0.4, -0.2) is 61.0 Å². The minimum absolute atomic E-state index is 0.0553. The molecule has 0 spiro atoms. The van der Waals surface area contributed by atoms with E-state index in [0.717, 1.165) is 4.68 Å². The molecule has 1 aromatic rings. The zero-order valence-corrected chi connectivity index (χ0v) is 9.17. The van der Waals surface area contributed by atoms with Gasteiger partial charge in [0, 0.05) is 0 Å². The molecule has 0 saturated carbocycles. The molecule has 2 heterocycles. The number of urea groups is 1. The number of hydrogen-bond acceptors (Lipinski definition) is 7. The van der Waals surface area contributed by atoms with Gasteiger partial charge in [-0.3, -0.25) is 5.32 Å². The third-order valence-corrected chi connectivity index (χ3v) is 2.52. The summed E-state index contributed by atoms with van der Waals surface area (Å²) in [5.41, 5.74) is 4.89. The molecule has 0 radical (unpaired) electrons. The lowest BCUT2D eigenvalue weighted by atomic mass is 10.1. The van der Waals surface area contributed by atoms with Gasteiger partial charge in [-0.25, -0.2) is 14.5 Å². The molecule has 2 amide bonds. The zero-order valence-electron chi connectivity index (χ0n) is 9.17. The number of nitrogens with zero attached hydrogens (tertiary/aromatic N) is 3. The van der Waals surface area contributed by atoms with Gasteiger partial charge in [0.25, 0.3) is 0 Å². The van der Waals surface area contributed by atoms with Crippen LogP contribution in [0.15, 0.2) is 6.33 Å². The Morgan fingerprint density at radius 2 is 2.28 bits per heavy atom. The molecule has 0 aliphatic carbocycles. The van der Waals surface area contributed by atoms with Crippen LogP contribution in [0.5, 0.6) is 0 Å². The van der Waals surface area contributed by atoms with Crippen LogP contribution in [0, 0.1) is 0 Å². The first-order valence-corrected chi connectivity index (χ1v) is 5.13. The molecule has 0 unspecified atom stereocenters. The van der Waals surface area contributed by atoms with Gasteiger partial charge < -0.3 is 25.8 Å². The topological polar surface area (TPSA) is 156 Å². The Morgan fingerprint density at radius 3 is 2.83 bits per heavy atom. The van der Waals surface area contributed by atoms with Crippen molar-refractivity contribution in [1.82, 2.24) is 14.8 Å². The summed E-state index contributed by atoms with van der Waals surface area (Å²) >= 11 is 0. The van der Waals surface area contributed by atoms with E-state index in [9.17, 15) is 15.0 Å². The Bertz CT molecular complexity index is 437. The second kappa shape index (κ2) is 4.86. The predicted molar refractivity (Wildman–Crippen MR) is 56.2 cm³/mol. The van der Waals surface area contributed by atoms with E-state index >= 15 is 0 Å². The van der Waals surface area contributed by atoms with Gasteiger partial charge in [0.05, 0.1) is 6.61 Å². The van der Waals surface area contributed by atoms with Crippen molar-refractivity contribution >= 4 is 12.0 Å². The molecule has 4 atom stereocenters. The van der Waals surface area contributed by atoms with Crippen LogP contribution in [0.25, 0.3) is 0 Å². The van der Waals surface area contributed by atoms with E-state index in [1.54, 1.807) is 0 Å². The number of hydrogen-bond donors (Lipinski definition) is 5. The Labute approximate surface area is 101 Å². The van der Waals surface area contributed by atoms with E-state index in [1.165, 1.54) is 6.33 Å². The molecule has 6 N–H and O–H groups in total. The lowest BCUT2D eigenvalue weighted by Crippen LogP contribution is -2.33. The number of carbonyl (C=O) groups is 1. The van der Waals surface area contributed by atoms with Gasteiger partial charge in [-0.1, -0.05) is 0 Å². The summed E-state index contributed by atoms with van der Waals surface area (Å²) in [6.07, 6.45) is -3.18. The molecule has 0 aromatic carbocycles. The van der Waals surface area contributed by atoms with E-state index in [4.69, 9.17) is 15.6 Å². The van der Waals surface area contributed by atoms with E-state index in [2.05, 4.69) is 15.4 Å². The van der Waals surface area contributed by atoms with Gasteiger partial charge in [-0.05, 0) is 0 Å². The van der Waals surface area contributed by atoms with Crippen molar-refractivity contribution in [3.63, 3.8) is 0 Å². The highest BCUT2D eigenvalue weighted by atomic mass is 16.6. The molecule has 1 aliphatic rings. The van der Waals surface area contributed by atoms with Crippen molar-refractivity contribution in [3.05, 3.63) is 6.33 Å². The molecule has 0 bridgehead atoms. The smallest absolute Gasteiger partial charge is 0.319 e. The molecular weight excluding hydrogens is 246 g/mol. The van der Waals surface area contributed by atoms with Crippen LogP contribution >= 0.6 is 0 Å². The molecule has 1 aliphatic heterocycles. The second-order valence-corrected chi connectivity index (χ2v) is 3.77. The van der Waals surface area contributed by atoms with Gasteiger partial charge in [0.15, 0.2) is 6.23 Å². The number of rotatable bonds is 3. The summed E-state index contributed by atoms with van der Waals surface area (Å²) in [4.78, 5) is 14.3. The largest absolute Gasteiger partial charge is 0.394 e. The van der Waals surface area contributed by atoms with Crippen LogP contribution in [0.1, 0.15) is 6.23 Å². The first-order chi connectivity index (χ1) is 8.52. The highest BCUT2D eigenvalue weighted by molar-refractivity contribution is 5.85. The molecule has 18 heavy (non-hydrogen) atoms. The SMILES string of the molecule is NC(=O)Nc1ncn([C@@H]2O[C@H](CO)[C@@H](O)[C@H]2O)n1. The van der Waals surface area contributed by atoms with Crippen LogP contribution in [0.4, 0.5) is 10.7 Å². The first-order valence-electron chi connectivity index (χ1n) is 5.13. The van der Waals surface area contributed by atoms with Crippen LogP contribution < -0.4 is 11.1 Å². The second-order valence-electron chi connectivity index (χ2n) is 3.77. The number of aliphatic hydroxyl groups excluding tert-OH is 3. The van der Waals surface area contributed by atoms with Gasteiger partial charge in [-0.2, -0.15) is 0 Å². The van der Waals surface area contributed by atoms with Crippen molar-refractivity contribution in [1.29, 1.82) is 0 Å². The number of amides is 2. The third kappa shape index (κ3) is 2.26. The molecule has 100 valence electrons. The average molecular weight is 259 g/mol. The average Bonchev–Trinajstić information content (AvgIpc) is 2.86. The van der Waals surface area contributed by atoms with E-state index in [1.807, 2.05) is 0 Å². The maximum absolute atomic E-state index is 10.6. The Kier molecular flexibility index (Phi) is 3.43. The molecule has 1 fully saturated rings. The molecule has 1 saturated heterocycles. The predicted octanol–water partition coefficient (Wildman–Crippen LogP) is -2.62. The van der Waals surface area contributed by atoms with Gasteiger partial charge in [0.2, 0.25) is 5.95 Å². The summed E-state index contributed by atoms with van der Waals surface area (Å²) < 4.78 is 6.33. The van der Waals surface area contributed by atoms with Crippen LogP contribution in [0.3, 0.4) is 0 Å². The monoisotopic (exact) mass is 259 g/mol. The number of ether oxygens (including phenoxy) is 1. The molecule has 10 nitrogen and oxygen atoms in total. The van der Waals surface area contributed by atoms with E-state index in [0.29, 0.717) is 0 Å². The van der Waals surface area contributed by atoms with Crippen molar-refractivity contribution in [2.75, 3.05) is 11.9 Å². The van der Waals surface area contributed by atoms with Crippen molar-refractivity contribution in [2.45, 2.75) is 24.5 Å². The van der Waals surface area contributed by atoms with Crippen molar-refractivity contribution in [3.8, 4) is 0 Å². The van der Waals surface area contributed by atoms with Crippen molar-refractivity contribution < 1.29 is 24.9 Å². The summed E-state index contributed by atoms with van der Waals surface area (Å²) in [6.45, 7) is -0.435. The standard InChI is InChI=1S/C8H13N5O5/c9-7(17)11-8-10-2-13(12-8)6-5(16)4(15)3(1-14)18-6/h2-6,14-16H,1H2,(H3,9,11,12,17)/t3-,4-,5-,6-/m1/s1. The number of nitrogens with two attached hydrogens (primary N) is 1. The lowest BCUT2D eigenvalue weighted by molar-refractivity contribution is -0.0586. The Hall–Kier alpha value is -1.75. The number of anilines is 1. The van der Waals surface area contributed by atoms with Gasteiger partial charge in [-0.15, -0.1) is 5.10 Å². The third-order valence-electron chi connectivity index (χ3n) is 2.52. The van der Waals surface area contributed by atoms with Gasteiger partial charge in [0.1, 0.15) is 24.6 Å². The normalized spacial score (nSPS) is 31.5. The minimum Gasteiger partial charge on any atom is -0.394 e. The fourth-order valence-electron chi connectivity index (χ4n) is 1.66. The summed E-state index contributed by atoms with van der Waals surface area (Å²) in [5.74, 6) is -0.0553. The summed E-state index contributed by atoms with van der Waals surface area (Å²) in [7, 11) is 0. The maximum Gasteiger partial charge on any atom is 0.319 e. The first kappa shape index (κ1) is 12.7. The van der Waals surface area contributed by atoms with Crippen LogP contribution in [0.2, 0.25) is 0 Å². The highest BCUT2D eigenvalue weighted by Gasteiger charge is 2.43. The van der Waals surface area contributed by atoms with Gasteiger partial charge >= 0.3 is 6.03 Å². The minimum atomic E-state index is -1.26. The highest BCUT2D eigenvalue weighted by Crippen LogP contribution is 2.28. The van der Waals surface area contributed by atoms with E-state index < -0.39 is 37.2 Å².